The van der Waals surface area contributed by atoms with Gasteiger partial charge >= 0.3 is 5.69 Å². The molecule has 0 N–H and O–H groups in total. The lowest BCUT2D eigenvalue weighted by atomic mass is 10.1. The van der Waals surface area contributed by atoms with Gasteiger partial charge in [0, 0.05) is 39.3 Å². The van der Waals surface area contributed by atoms with Crippen LogP contribution in [0.25, 0.3) is 11.0 Å². The Morgan fingerprint density at radius 2 is 1.69 bits per heavy atom. The van der Waals surface area contributed by atoms with Crippen LogP contribution in [0.4, 0.5) is 17.1 Å². The molecule has 10 heteroatoms. The lowest BCUT2D eigenvalue weighted by Crippen LogP contribution is -2.46. The summed E-state index contributed by atoms with van der Waals surface area (Å²) in [6.45, 7) is 9.09. The van der Waals surface area contributed by atoms with Crippen molar-refractivity contribution in [3.05, 3.63) is 16.2 Å². The maximum atomic E-state index is 11.8. The Balaban J connectivity index is 1.79. The molecule has 10 nitrogen and oxygen atoms in total. The Morgan fingerprint density at radius 3 is 2.35 bits per heavy atom. The second-order valence-electron chi connectivity index (χ2n) is 6.50. The summed E-state index contributed by atoms with van der Waals surface area (Å²) in [6.07, 6.45) is 0. The van der Waals surface area contributed by atoms with Crippen LogP contribution in [-0.4, -0.2) is 79.2 Å². The van der Waals surface area contributed by atoms with Crippen molar-refractivity contribution in [1.29, 1.82) is 0 Å². The van der Waals surface area contributed by atoms with E-state index in [1.807, 2.05) is 11.0 Å². The number of hydrogen-bond acceptors (Lipinski definition) is 9. The van der Waals surface area contributed by atoms with Gasteiger partial charge < -0.3 is 19.4 Å². The zero-order chi connectivity index (χ0) is 18.1. The molecule has 2 fully saturated rings. The van der Waals surface area contributed by atoms with E-state index in [9.17, 15) is 10.1 Å². The minimum Gasteiger partial charge on any atom is -0.378 e. The minimum atomic E-state index is -0.393. The number of morpholine rings is 1. The van der Waals surface area contributed by atoms with Crippen molar-refractivity contribution in [1.82, 2.24) is 15.2 Å². The first-order valence-corrected chi connectivity index (χ1v) is 8.92. The van der Waals surface area contributed by atoms with Crippen LogP contribution in [-0.2, 0) is 4.74 Å². The highest BCUT2D eigenvalue weighted by molar-refractivity contribution is 6.00. The summed E-state index contributed by atoms with van der Waals surface area (Å²) in [4.78, 5) is 18.0. The van der Waals surface area contributed by atoms with Gasteiger partial charge in [-0.15, -0.1) is 0 Å². The molecule has 2 saturated heterocycles. The quantitative estimate of drug-likeness (QED) is 0.584. The normalized spacial score (nSPS) is 19.3. The number of aromatic nitrogens is 2. The fourth-order valence-corrected chi connectivity index (χ4v) is 3.67. The summed E-state index contributed by atoms with van der Waals surface area (Å²) in [5, 5.41) is 19.6. The molecule has 26 heavy (non-hydrogen) atoms. The lowest BCUT2D eigenvalue weighted by molar-refractivity contribution is -0.382. The smallest absolute Gasteiger partial charge is 0.323 e. The topological polar surface area (TPSA) is 101 Å². The number of rotatable bonds is 4. The summed E-state index contributed by atoms with van der Waals surface area (Å²) in [7, 11) is 0. The molecule has 2 aliphatic heterocycles. The Morgan fingerprint density at radius 1 is 1.04 bits per heavy atom. The van der Waals surface area contributed by atoms with E-state index in [4.69, 9.17) is 9.37 Å². The second kappa shape index (κ2) is 7.04. The van der Waals surface area contributed by atoms with Gasteiger partial charge in [0.25, 0.3) is 0 Å². The van der Waals surface area contributed by atoms with E-state index < -0.39 is 4.92 Å². The van der Waals surface area contributed by atoms with Gasteiger partial charge in [-0.05, 0) is 22.9 Å². The highest BCUT2D eigenvalue weighted by Crippen LogP contribution is 2.40. The first-order chi connectivity index (χ1) is 12.7. The van der Waals surface area contributed by atoms with Crippen molar-refractivity contribution in [2.45, 2.75) is 6.92 Å². The first kappa shape index (κ1) is 17.0. The van der Waals surface area contributed by atoms with Crippen molar-refractivity contribution >= 4 is 28.1 Å². The van der Waals surface area contributed by atoms with Crippen LogP contribution in [0.5, 0.6) is 0 Å². The molecule has 1 aromatic carbocycles. The molecule has 2 aliphatic rings. The number of benzene rings is 1. The van der Waals surface area contributed by atoms with Gasteiger partial charge in [0.15, 0.2) is 5.52 Å². The molecular formula is C16H22N6O4. The molecule has 0 saturated carbocycles. The molecule has 2 aromatic rings. The SMILES string of the molecule is CCN1CCN(c2cc(N3CCOCC3)c([N+](=O)[O-])c3nonc23)CC1. The largest absolute Gasteiger partial charge is 0.378 e. The predicted octanol–water partition coefficient (Wildman–Crippen LogP) is 1.11. The molecule has 0 bridgehead atoms. The number of nitrogens with zero attached hydrogens (tertiary/aromatic N) is 6. The van der Waals surface area contributed by atoms with E-state index in [1.54, 1.807) is 0 Å². The van der Waals surface area contributed by atoms with Gasteiger partial charge in [-0.2, -0.15) is 0 Å². The summed E-state index contributed by atoms with van der Waals surface area (Å²) < 4.78 is 10.3. The predicted molar refractivity (Wildman–Crippen MR) is 95.8 cm³/mol. The van der Waals surface area contributed by atoms with Gasteiger partial charge in [-0.25, -0.2) is 4.63 Å². The van der Waals surface area contributed by atoms with E-state index in [0.29, 0.717) is 37.5 Å². The Hall–Kier alpha value is -2.46. The average Bonchev–Trinajstić information content (AvgIpc) is 3.17. The Bertz CT molecular complexity index is 795. The molecule has 0 unspecified atom stereocenters. The molecule has 3 heterocycles. The van der Waals surface area contributed by atoms with E-state index in [2.05, 4.69) is 27.0 Å². The van der Waals surface area contributed by atoms with Crippen LogP contribution in [0, 0.1) is 10.1 Å². The summed E-state index contributed by atoms with van der Waals surface area (Å²) >= 11 is 0. The van der Waals surface area contributed by atoms with Gasteiger partial charge in [-0.3, -0.25) is 10.1 Å². The Kier molecular flexibility index (Phi) is 4.60. The maximum Gasteiger partial charge on any atom is 0.323 e. The molecule has 1 aromatic heterocycles. The zero-order valence-corrected chi connectivity index (χ0v) is 14.8. The maximum absolute atomic E-state index is 11.8. The van der Waals surface area contributed by atoms with E-state index in [0.717, 1.165) is 38.4 Å². The van der Waals surface area contributed by atoms with Gasteiger partial charge in [0.1, 0.15) is 5.69 Å². The Labute approximate surface area is 150 Å². The number of piperazine rings is 1. The average molecular weight is 362 g/mol. The van der Waals surface area contributed by atoms with Crippen LogP contribution < -0.4 is 9.80 Å². The molecular weight excluding hydrogens is 340 g/mol. The van der Waals surface area contributed by atoms with E-state index in [-0.39, 0.29) is 11.2 Å². The van der Waals surface area contributed by atoms with Gasteiger partial charge in [0.2, 0.25) is 5.52 Å². The highest BCUT2D eigenvalue weighted by Gasteiger charge is 2.31. The number of nitro benzene ring substituents is 1. The van der Waals surface area contributed by atoms with Gasteiger partial charge in [0.05, 0.1) is 23.8 Å². The molecule has 0 spiro atoms. The third-order valence-corrected chi connectivity index (χ3v) is 5.17. The van der Waals surface area contributed by atoms with Crippen molar-refractivity contribution in [2.75, 3.05) is 68.8 Å². The zero-order valence-electron chi connectivity index (χ0n) is 14.8. The van der Waals surface area contributed by atoms with E-state index >= 15 is 0 Å². The standard InChI is InChI=1S/C16H22N6O4/c1-2-19-3-5-20(6-4-19)12-11-13(21-7-9-25-10-8-21)16(22(23)24)15-14(12)17-26-18-15/h11H,2-10H2,1H3. The van der Waals surface area contributed by atoms with Crippen LogP contribution >= 0.6 is 0 Å². The van der Waals surface area contributed by atoms with Crippen molar-refractivity contribution < 1.29 is 14.3 Å². The van der Waals surface area contributed by atoms with Crippen molar-refractivity contribution in [2.24, 2.45) is 0 Å². The number of ether oxygens (including phenoxy) is 1. The number of fused-ring (bicyclic) bond motifs is 1. The van der Waals surface area contributed by atoms with Crippen LogP contribution in [0.2, 0.25) is 0 Å². The van der Waals surface area contributed by atoms with Crippen molar-refractivity contribution in [3.63, 3.8) is 0 Å². The molecule has 0 aliphatic carbocycles. The molecule has 0 amide bonds. The summed E-state index contributed by atoms with van der Waals surface area (Å²) in [6, 6.07) is 1.87. The second-order valence-corrected chi connectivity index (χ2v) is 6.50. The summed E-state index contributed by atoms with van der Waals surface area (Å²) in [5.74, 6) is 0. The number of hydrogen-bond donors (Lipinski definition) is 0. The third kappa shape index (κ3) is 2.95. The summed E-state index contributed by atoms with van der Waals surface area (Å²) in [5.41, 5.74) is 2.04. The third-order valence-electron chi connectivity index (χ3n) is 5.17. The first-order valence-electron chi connectivity index (χ1n) is 8.92. The lowest BCUT2D eigenvalue weighted by Gasteiger charge is -2.36. The van der Waals surface area contributed by atoms with Crippen molar-refractivity contribution in [3.8, 4) is 0 Å². The number of anilines is 2. The molecule has 140 valence electrons. The molecule has 4 rings (SSSR count). The van der Waals surface area contributed by atoms with Crippen LogP contribution in [0.1, 0.15) is 6.92 Å². The monoisotopic (exact) mass is 362 g/mol. The van der Waals surface area contributed by atoms with Crippen LogP contribution in [0.15, 0.2) is 10.7 Å². The fraction of sp³-hybridized carbons (Fsp3) is 0.625. The number of likely N-dealkylation sites (N-methyl/N-ethyl adjacent to an activating group) is 1. The van der Waals surface area contributed by atoms with Gasteiger partial charge in [-0.1, -0.05) is 6.92 Å². The van der Waals surface area contributed by atoms with Crippen LogP contribution in [0.3, 0.4) is 0 Å². The minimum absolute atomic E-state index is 0.0425. The molecule has 0 atom stereocenters. The molecule has 0 radical (unpaired) electrons. The highest BCUT2D eigenvalue weighted by atomic mass is 16.6. The van der Waals surface area contributed by atoms with E-state index in [1.165, 1.54) is 0 Å². The fourth-order valence-electron chi connectivity index (χ4n) is 3.67. The number of nitro groups is 1.